The molecule has 0 aliphatic carbocycles. The van der Waals surface area contributed by atoms with Crippen molar-refractivity contribution in [3.63, 3.8) is 0 Å². The second-order valence-corrected chi connectivity index (χ2v) is 5.62. The molecule has 0 unspecified atom stereocenters. The topological polar surface area (TPSA) is 62.3 Å². The number of carbonyl (C=O) groups is 2. The lowest BCUT2D eigenvalue weighted by Crippen LogP contribution is -2.38. The van der Waals surface area contributed by atoms with Crippen molar-refractivity contribution in [1.29, 1.82) is 0 Å². The average molecular weight is 309 g/mol. The van der Waals surface area contributed by atoms with E-state index in [1.807, 2.05) is 43.3 Å². The third-order valence-corrected chi connectivity index (χ3v) is 3.99. The van der Waals surface area contributed by atoms with E-state index in [0.717, 1.165) is 17.5 Å². The van der Waals surface area contributed by atoms with Gasteiger partial charge in [0, 0.05) is 19.3 Å². The number of hydrogen-bond acceptors (Lipinski definition) is 3. The molecule has 1 aromatic heterocycles. The summed E-state index contributed by atoms with van der Waals surface area (Å²) in [5, 5.41) is 2.79. The molecular formula is C18H19N3O2. The van der Waals surface area contributed by atoms with E-state index in [4.69, 9.17) is 0 Å². The highest BCUT2D eigenvalue weighted by molar-refractivity contribution is 6.03. The summed E-state index contributed by atoms with van der Waals surface area (Å²) in [6.45, 7) is 3.11. The summed E-state index contributed by atoms with van der Waals surface area (Å²) in [5.74, 6) is -0.245. The highest BCUT2D eigenvalue weighted by Crippen LogP contribution is 2.26. The number of amides is 2. The van der Waals surface area contributed by atoms with Gasteiger partial charge in [-0.3, -0.25) is 14.6 Å². The Morgan fingerprint density at radius 2 is 2.00 bits per heavy atom. The van der Waals surface area contributed by atoms with Gasteiger partial charge in [-0.1, -0.05) is 30.3 Å². The fourth-order valence-corrected chi connectivity index (χ4v) is 2.83. The van der Waals surface area contributed by atoms with Crippen molar-refractivity contribution >= 4 is 11.8 Å². The summed E-state index contributed by atoms with van der Waals surface area (Å²) in [5.41, 5.74) is 3.09. The van der Waals surface area contributed by atoms with Crippen LogP contribution in [0.15, 0.2) is 42.6 Å². The van der Waals surface area contributed by atoms with Crippen LogP contribution in [0.2, 0.25) is 0 Å². The number of aromatic nitrogens is 1. The normalized spacial score (nSPS) is 15.0. The Morgan fingerprint density at radius 1 is 1.22 bits per heavy atom. The van der Waals surface area contributed by atoms with Crippen LogP contribution in [0.4, 0.5) is 0 Å². The molecule has 0 bridgehead atoms. The number of nitrogens with zero attached hydrogens (tertiary/aromatic N) is 2. The van der Waals surface area contributed by atoms with Gasteiger partial charge in [-0.15, -0.1) is 0 Å². The van der Waals surface area contributed by atoms with Gasteiger partial charge in [-0.2, -0.15) is 0 Å². The van der Waals surface area contributed by atoms with Crippen LogP contribution in [0, 0.1) is 6.92 Å². The number of carbonyl (C=O) groups excluding carboxylic acids is 2. The lowest BCUT2D eigenvalue weighted by atomic mass is 9.98. The van der Waals surface area contributed by atoms with E-state index in [2.05, 4.69) is 10.3 Å². The van der Waals surface area contributed by atoms with Crippen molar-refractivity contribution in [2.75, 3.05) is 19.6 Å². The summed E-state index contributed by atoms with van der Waals surface area (Å²) in [7, 11) is 0. The van der Waals surface area contributed by atoms with Crippen LogP contribution >= 0.6 is 0 Å². The minimum Gasteiger partial charge on any atom is -0.354 e. The number of benzene rings is 1. The Balaban J connectivity index is 2.01. The molecule has 0 atom stereocenters. The van der Waals surface area contributed by atoms with E-state index in [-0.39, 0.29) is 18.4 Å². The maximum Gasteiger partial charge on any atom is 0.256 e. The standard InChI is InChI=1S/C18H19N3O2/c1-13-17(18(23)21-11-5-9-20-16(22)12-21)15(8-10-19-13)14-6-3-2-4-7-14/h2-4,6-8,10H,5,9,11-12H2,1H3,(H,20,22). The first kappa shape index (κ1) is 15.2. The third-order valence-electron chi connectivity index (χ3n) is 3.99. The monoisotopic (exact) mass is 309 g/mol. The van der Waals surface area contributed by atoms with Crippen LogP contribution in [0.3, 0.4) is 0 Å². The van der Waals surface area contributed by atoms with Gasteiger partial charge in [-0.25, -0.2) is 0 Å². The summed E-state index contributed by atoms with van der Waals surface area (Å²) < 4.78 is 0. The Hall–Kier alpha value is -2.69. The molecule has 0 radical (unpaired) electrons. The third kappa shape index (κ3) is 3.23. The van der Waals surface area contributed by atoms with Crippen LogP contribution in [0.25, 0.3) is 11.1 Å². The molecule has 2 aromatic rings. The Labute approximate surface area is 135 Å². The largest absolute Gasteiger partial charge is 0.354 e. The molecule has 1 aromatic carbocycles. The molecule has 118 valence electrons. The number of aryl methyl sites for hydroxylation is 1. The van der Waals surface area contributed by atoms with Gasteiger partial charge >= 0.3 is 0 Å². The molecule has 0 spiro atoms. The first-order chi connectivity index (χ1) is 11.2. The summed E-state index contributed by atoms with van der Waals surface area (Å²) in [6.07, 6.45) is 2.47. The predicted molar refractivity (Wildman–Crippen MR) is 87.9 cm³/mol. The molecule has 0 saturated carbocycles. The molecule has 1 saturated heterocycles. The van der Waals surface area contributed by atoms with E-state index >= 15 is 0 Å². The molecule has 2 heterocycles. The van der Waals surface area contributed by atoms with Crippen LogP contribution < -0.4 is 5.32 Å². The Bertz CT molecular complexity index is 728. The zero-order valence-electron chi connectivity index (χ0n) is 13.1. The van der Waals surface area contributed by atoms with Gasteiger partial charge < -0.3 is 10.2 Å². The minimum atomic E-state index is -0.133. The summed E-state index contributed by atoms with van der Waals surface area (Å²) >= 11 is 0. The fourth-order valence-electron chi connectivity index (χ4n) is 2.83. The van der Waals surface area contributed by atoms with Crippen LogP contribution in [-0.4, -0.2) is 41.3 Å². The Morgan fingerprint density at radius 3 is 2.78 bits per heavy atom. The van der Waals surface area contributed by atoms with Gasteiger partial charge in [0.05, 0.1) is 17.8 Å². The maximum atomic E-state index is 13.0. The predicted octanol–water partition coefficient (Wildman–Crippen LogP) is 2.02. The number of nitrogens with one attached hydrogen (secondary N) is 1. The molecular weight excluding hydrogens is 290 g/mol. The van der Waals surface area contributed by atoms with E-state index in [0.29, 0.717) is 24.3 Å². The van der Waals surface area contributed by atoms with Gasteiger partial charge in [0.1, 0.15) is 0 Å². The van der Waals surface area contributed by atoms with Crippen LogP contribution in [-0.2, 0) is 4.79 Å². The van der Waals surface area contributed by atoms with E-state index in [1.165, 1.54) is 0 Å². The van der Waals surface area contributed by atoms with Crippen molar-refractivity contribution in [3.05, 3.63) is 53.9 Å². The van der Waals surface area contributed by atoms with Crippen molar-refractivity contribution in [2.45, 2.75) is 13.3 Å². The lowest BCUT2D eigenvalue weighted by Gasteiger charge is -2.21. The van der Waals surface area contributed by atoms with Gasteiger partial charge in [0.15, 0.2) is 0 Å². The van der Waals surface area contributed by atoms with Gasteiger partial charge in [-0.05, 0) is 30.5 Å². The second kappa shape index (κ2) is 6.60. The SMILES string of the molecule is Cc1nccc(-c2ccccc2)c1C(=O)N1CCCNC(=O)C1. The van der Waals surface area contributed by atoms with Crippen LogP contribution in [0.5, 0.6) is 0 Å². The van der Waals surface area contributed by atoms with Crippen LogP contribution in [0.1, 0.15) is 22.5 Å². The number of rotatable bonds is 2. The van der Waals surface area contributed by atoms with E-state index < -0.39 is 0 Å². The summed E-state index contributed by atoms with van der Waals surface area (Å²) in [6, 6.07) is 11.6. The molecule has 23 heavy (non-hydrogen) atoms. The first-order valence-corrected chi connectivity index (χ1v) is 7.74. The van der Waals surface area contributed by atoms with E-state index in [1.54, 1.807) is 11.1 Å². The van der Waals surface area contributed by atoms with Crippen molar-refractivity contribution < 1.29 is 9.59 Å². The molecule has 1 aliphatic heterocycles. The molecule has 2 amide bonds. The number of hydrogen-bond donors (Lipinski definition) is 1. The summed E-state index contributed by atoms with van der Waals surface area (Å²) in [4.78, 5) is 30.7. The highest BCUT2D eigenvalue weighted by Gasteiger charge is 2.25. The number of pyridine rings is 1. The fraction of sp³-hybridized carbons (Fsp3) is 0.278. The maximum absolute atomic E-state index is 13.0. The Kier molecular flexibility index (Phi) is 4.37. The minimum absolute atomic E-state index is 0.0986. The molecule has 1 aliphatic rings. The highest BCUT2D eigenvalue weighted by atomic mass is 16.2. The van der Waals surface area contributed by atoms with Gasteiger partial charge in [0.25, 0.3) is 5.91 Å². The molecule has 5 nitrogen and oxygen atoms in total. The zero-order valence-corrected chi connectivity index (χ0v) is 13.1. The molecule has 1 fully saturated rings. The van der Waals surface area contributed by atoms with Crippen molar-refractivity contribution in [3.8, 4) is 11.1 Å². The molecule has 1 N–H and O–H groups in total. The zero-order chi connectivity index (χ0) is 16.2. The van der Waals surface area contributed by atoms with Crippen molar-refractivity contribution in [1.82, 2.24) is 15.2 Å². The average Bonchev–Trinajstić information content (AvgIpc) is 2.79. The van der Waals surface area contributed by atoms with Crippen molar-refractivity contribution in [2.24, 2.45) is 0 Å². The first-order valence-electron chi connectivity index (χ1n) is 7.74. The molecule has 3 rings (SSSR count). The second-order valence-electron chi connectivity index (χ2n) is 5.62. The lowest BCUT2D eigenvalue weighted by molar-refractivity contribution is -0.121. The van der Waals surface area contributed by atoms with Gasteiger partial charge in [0.2, 0.25) is 5.91 Å². The molecule has 5 heteroatoms. The quantitative estimate of drug-likeness (QED) is 0.923. The van der Waals surface area contributed by atoms with E-state index in [9.17, 15) is 9.59 Å². The smallest absolute Gasteiger partial charge is 0.256 e.